The van der Waals surface area contributed by atoms with Crippen molar-refractivity contribution in [2.24, 2.45) is 23.5 Å². The quantitative estimate of drug-likeness (QED) is 0.831. The molecule has 1 aliphatic heterocycles. The van der Waals surface area contributed by atoms with Gasteiger partial charge in [0.15, 0.2) is 0 Å². The standard InChI is InChI=1S/C21H29N3O2.ClH/c22-19-14-6-4-7-15(19)13-16(12-14)20(25)23-18-10-5-11-24(21(18)26)17-8-2-1-3-9-17;/h1-3,8-9,14-16,18-19H,4-7,10-13,22H2,(H,23,25);1H. The zero-order valence-electron chi connectivity index (χ0n) is 15.7. The Labute approximate surface area is 167 Å². The molecule has 0 aromatic heterocycles. The molecule has 2 bridgehead atoms. The number of fused-ring (bicyclic) bond motifs is 2. The molecule has 3 aliphatic rings. The fourth-order valence-electron chi connectivity index (χ4n) is 5.17. The molecule has 2 aliphatic carbocycles. The summed E-state index contributed by atoms with van der Waals surface area (Å²) in [5, 5.41) is 3.07. The maximum absolute atomic E-state index is 12.9. The number of carbonyl (C=O) groups excluding carboxylic acids is 2. The fourth-order valence-corrected chi connectivity index (χ4v) is 5.17. The van der Waals surface area contributed by atoms with E-state index in [2.05, 4.69) is 5.32 Å². The molecule has 3 unspecified atom stereocenters. The molecule has 2 saturated carbocycles. The van der Waals surface area contributed by atoms with Crippen LogP contribution in [-0.2, 0) is 9.59 Å². The van der Waals surface area contributed by atoms with Crippen LogP contribution in [0.3, 0.4) is 0 Å². The Morgan fingerprint density at radius 2 is 1.70 bits per heavy atom. The van der Waals surface area contributed by atoms with Crippen LogP contribution in [0, 0.1) is 17.8 Å². The van der Waals surface area contributed by atoms with Crippen molar-refractivity contribution in [3.05, 3.63) is 30.3 Å². The average molecular weight is 392 g/mol. The van der Waals surface area contributed by atoms with E-state index in [1.165, 1.54) is 6.42 Å². The highest BCUT2D eigenvalue weighted by Crippen LogP contribution is 2.42. The normalized spacial score (nSPS) is 33.1. The summed E-state index contributed by atoms with van der Waals surface area (Å²) in [5.74, 6) is 1.04. The van der Waals surface area contributed by atoms with Gasteiger partial charge in [-0.2, -0.15) is 0 Å². The van der Waals surface area contributed by atoms with Gasteiger partial charge in [0.1, 0.15) is 6.04 Å². The minimum absolute atomic E-state index is 0. The van der Waals surface area contributed by atoms with E-state index in [1.54, 1.807) is 4.90 Å². The van der Waals surface area contributed by atoms with Crippen LogP contribution in [0.2, 0.25) is 0 Å². The Morgan fingerprint density at radius 1 is 1.04 bits per heavy atom. The van der Waals surface area contributed by atoms with Crippen LogP contribution in [0.5, 0.6) is 0 Å². The number of hydrogen-bond donors (Lipinski definition) is 2. The maximum Gasteiger partial charge on any atom is 0.249 e. The molecule has 0 spiro atoms. The molecule has 0 radical (unpaired) electrons. The molecular weight excluding hydrogens is 362 g/mol. The van der Waals surface area contributed by atoms with Crippen molar-refractivity contribution < 1.29 is 9.59 Å². The number of benzene rings is 1. The first kappa shape index (κ1) is 20.2. The van der Waals surface area contributed by atoms with Gasteiger partial charge in [-0.05, 0) is 62.5 Å². The van der Waals surface area contributed by atoms with Gasteiger partial charge in [-0.3, -0.25) is 9.59 Å². The number of nitrogens with zero attached hydrogens (tertiary/aromatic N) is 1. The first-order valence-corrected chi connectivity index (χ1v) is 10.1. The zero-order valence-corrected chi connectivity index (χ0v) is 16.5. The molecule has 3 N–H and O–H groups in total. The Balaban J connectivity index is 0.00000210. The summed E-state index contributed by atoms with van der Waals surface area (Å²) in [6.45, 7) is 0.720. The number of piperidine rings is 1. The number of para-hydroxylation sites is 1. The van der Waals surface area contributed by atoms with Crippen LogP contribution in [0.4, 0.5) is 5.69 Å². The number of rotatable bonds is 3. The number of halogens is 1. The van der Waals surface area contributed by atoms with Gasteiger partial charge < -0.3 is 16.0 Å². The van der Waals surface area contributed by atoms with Gasteiger partial charge in [-0.1, -0.05) is 24.6 Å². The SMILES string of the molecule is Cl.NC1C2CCCC1CC(C(=O)NC1CCCN(c3ccccc3)C1=O)C2. The molecule has 3 fully saturated rings. The van der Waals surface area contributed by atoms with E-state index in [0.29, 0.717) is 11.8 Å². The van der Waals surface area contributed by atoms with Gasteiger partial charge in [0.25, 0.3) is 0 Å². The molecular formula is C21H30ClN3O2. The fraction of sp³-hybridized carbons (Fsp3) is 0.619. The van der Waals surface area contributed by atoms with Crippen LogP contribution in [0.15, 0.2) is 30.3 Å². The third kappa shape index (κ3) is 4.14. The summed E-state index contributed by atoms with van der Waals surface area (Å²) >= 11 is 0. The van der Waals surface area contributed by atoms with Gasteiger partial charge in [-0.25, -0.2) is 0 Å². The average Bonchev–Trinajstić information content (AvgIpc) is 2.64. The zero-order chi connectivity index (χ0) is 18.1. The van der Waals surface area contributed by atoms with Crippen LogP contribution >= 0.6 is 12.4 Å². The summed E-state index contributed by atoms with van der Waals surface area (Å²) < 4.78 is 0. The number of nitrogens with two attached hydrogens (primary N) is 1. The van der Waals surface area contributed by atoms with E-state index < -0.39 is 6.04 Å². The molecule has 1 aromatic rings. The molecule has 1 saturated heterocycles. The number of carbonyl (C=O) groups is 2. The maximum atomic E-state index is 12.9. The summed E-state index contributed by atoms with van der Waals surface area (Å²) in [4.78, 5) is 27.6. The summed E-state index contributed by atoms with van der Waals surface area (Å²) in [5.41, 5.74) is 7.25. The van der Waals surface area contributed by atoms with Crippen molar-refractivity contribution in [3.63, 3.8) is 0 Å². The minimum Gasteiger partial charge on any atom is -0.344 e. The molecule has 4 rings (SSSR count). The van der Waals surface area contributed by atoms with E-state index in [1.807, 2.05) is 30.3 Å². The number of anilines is 1. The molecule has 148 valence electrons. The van der Waals surface area contributed by atoms with Gasteiger partial charge >= 0.3 is 0 Å². The van der Waals surface area contributed by atoms with Crippen molar-refractivity contribution in [3.8, 4) is 0 Å². The van der Waals surface area contributed by atoms with Crippen LogP contribution in [0.1, 0.15) is 44.9 Å². The topological polar surface area (TPSA) is 75.4 Å². The molecule has 2 amide bonds. The summed E-state index contributed by atoms with van der Waals surface area (Å²) in [6, 6.07) is 9.59. The molecule has 27 heavy (non-hydrogen) atoms. The largest absolute Gasteiger partial charge is 0.344 e. The van der Waals surface area contributed by atoms with Crippen molar-refractivity contribution in [2.75, 3.05) is 11.4 Å². The summed E-state index contributed by atoms with van der Waals surface area (Å²) in [6.07, 6.45) is 6.93. The second-order valence-corrected chi connectivity index (χ2v) is 8.23. The Morgan fingerprint density at radius 3 is 2.37 bits per heavy atom. The lowest BCUT2D eigenvalue weighted by Crippen LogP contribution is -2.55. The lowest BCUT2D eigenvalue weighted by Gasteiger charge is -2.44. The van der Waals surface area contributed by atoms with Gasteiger partial charge in [-0.15, -0.1) is 12.4 Å². The predicted molar refractivity (Wildman–Crippen MR) is 109 cm³/mol. The van der Waals surface area contributed by atoms with Gasteiger partial charge in [0.05, 0.1) is 0 Å². The van der Waals surface area contributed by atoms with Crippen LogP contribution in [0.25, 0.3) is 0 Å². The van der Waals surface area contributed by atoms with Crippen molar-refractivity contribution in [1.82, 2.24) is 5.32 Å². The van der Waals surface area contributed by atoms with Crippen molar-refractivity contribution in [2.45, 2.75) is 57.0 Å². The smallest absolute Gasteiger partial charge is 0.249 e. The van der Waals surface area contributed by atoms with E-state index in [4.69, 9.17) is 5.73 Å². The van der Waals surface area contributed by atoms with E-state index in [0.717, 1.165) is 50.8 Å². The van der Waals surface area contributed by atoms with Crippen molar-refractivity contribution in [1.29, 1.82) is 0 Å². The Hall–Kier alpha value is -1.59. The molecule has 6 heteroatoms. The molecule has 1 aromatic carbocycles. The number of hydrogen-bond acceptors (Lipinski definition) is 3. The minimum atomic E-state index is -0.396. The monoisotopic (exact) mass is 391 g/mol. The van der Waals surface area contributed by atoms with Crippen LogP contribution < -0.4 is 16.0 Å². The Kier molecular flexibility index (Phi) is 6.43. The highest BCUT2D eigenvalue weighted by Gasteiger charge is 2.41. The highest BCUT2D eigenvalue weighted by atomic mass is 35.5. The second kappa shape index (κ2) is 8.61. The van der Waals surface area contributed by atoms with Crippen LogP contribution in [-0.4, -0.2) is 30.4 Å². The predicted octanol–water partition coefficient (Wildman–Crippen LogP) is 2.87. The Bertz CT molecular complexity index is 655. The number of amides is 2. The van der Waals surface area contributed by atoms with E-state index >= 15 is 0 Å². The summed E-state index contributed by atoms with van der Waals surface area (Å²) in [7, 11) is 0. The third-order valence-corrected chi connectivity index (χ3v) is 6.61. The van der Waals surface area contributed by atoms with E-state index in [-0.39, 0.29) is 36.2 Å². The third-order valence-electron chi connectivity index (χ3n) is 6.61. The molecule has 5 nitrogen and oxygen atoms in total. The van der Waals surface area contributed by atoms with E-state index in [9.17, 15) is 9.59 Å². The molecule has 3 atom stereocenters. The first-order chi connectivity index (χ1) is 12.6. The number of nitrogens with one attached hydrogen (secondary N) is 1. The van der Waals surface area contributed by atoms with Gasteiger partial charge in [0.2, 0.25) is 11.8 Å². The lowest BCUT2D eigenvalue weighted by molar-refractivity contribution is -0.132. The molecule has 1 heterocycles. The highest BCUT2D eigenvalue weighted by molar-refractivity contribution is 6.00. The van der Waals surface area contributed by atoms with Gasteiger partial charge in [0, 0.05) is 24.2 Å². The van der Waals surface area contributed by atoms with Crippen molar-refractivity contribution >= 4 is 29.9 Å². The second-order valence-electron chi connectivity index (χ2n) is 8.23. The first-order valence-electron chi connectivity index (χ1n) is 10.1. The lowest BCUT2D eigenvalue weighted by atomic mass is 9.65.